The zero-order valence-electron chi connectivity index (χ0n) is 17.1. The lowest BCUT2D eigenvalue weighted by Crippen LogP contribution is -2.22. The molecular formula is C23H29ClN4O2. The Bertz CT molecular complexity index is 885. The van der Waals surface area contributed by atoms with E-state index in [1.165, 1.54) is 0 Å². The van der Waals surface area contributed by atoms with Crippen molar-refractivity contribution in [2.24, 2.45) is 17.6 Å². The monoisotopic (exact) mass is 428 g/mol. The standard InChI is InChI=1S/C23H29ClN4O2/c24-20-14-26-18(12-22(29)16-4-5-17(25)10-16)11-19(20)21-2-1-3-23(28-21)27-13-15-6-8-30-9-7-15/h1-3,11,14-17H,4-10,12-13,25H2,(H,27,28)/t16-,17+/m1/s1. The van der Waals surface area contributed by atoms with Gasteiger partial charge in [-0.05, 0) is 56.2 Å². The number of anilines is 1. The molecule has 1 saturated carbocycles. The predicted octanol–water partition coefficient (Wildman–Crippen LogP) is 3.87. The maximum absolute atomic E-state index is 12.6. The molecule has 160 valence electrons. The van der Waals surface area contributed by atoms with Crippen molar-refractivity contribution < 1.29 is 9.53 Å². The molecule has 2 aromatic heterocycles. The largest absolute Gasteiger partial charge is 0.381 e. The molecule has 3 N–H and O–H groups in total. The van der Waals surface area contributed by atoms with Crippen LogP contribution in [0.2, 0.25) is 5.02 Å². The van der Waals surface area contributed by atoms with Crippen LogP contribution in [0, 0.1) is 11.8 Å². The molecule has 2 aromatic rings. The fourth-order valence-corrected chi connectivity index (χ4v) is 4.49. The number of hydrogen-bond donors (Lipinski definition) is 2. The highest BCUT2D eigenvalue weighted by molar-refractivity contribution is 6.33. The van der Waals surface area contributed by atoms with Crippen LogP contribution < -0.4 is 11.1 Å². The number of rotatable bonds is 7. The fraction of sp³-hybridized carbons (Fsp3) is 0.522. The summed E-state index contributed by atoms with van der Waals surface area (Å²) in [6.07, 6.45) is 6.66. The van der Waals surface area contributed by atoms with Gasteiger partial charge in [0, 0.05) is 55.6 Å². The summed E-state index contributed by atoms with van der Waals surface area (Å²) >= 11 is 6.43. The van der Waals surface area contributed by atoms with E-state index in [0.29, 0.717) is 17.4 Å². The van der Waals surface area contributed by atoms with Gasteiger partial charge in [0.25, 0.3) is 0 Å². The highest BCUT2D eigenvalue weighted by Gasteiger charge is 2.28. The van der Waals surface area contributed by atoms with Gasteiger partial charge in [-0.2, -0.15) is 0 Å². The second kappa shape index (κ2) is 9.86. The lowest BCUT2D eigenvalue weighted by Gasteiger charge is -2.22. The van der Waals surface area contributed by atoms with Crippen molar-refractivity contribution in [2.45, 2.75) is 44.6 Å². The average Bonchev–Trinajstić information content (AvgIpc) is 3.21. The molecule has 0 unspecified atom stereocenters. The number of carbonyl (C=O) groups is 1. The van der Waals surface area contributed by atoms with Gasteiger partial charge in [0.05, 0.1) is 10.7 Å². The Morgan fingerprint density at radius 1 is 1.23 bits per heavy atom. The molecule has 2 atom stereocenters. The summed E-state index contributed by atoms with van der Waals surface area (Å²) in [7, 11) is 0. The Labute approximate surface area is 182 Å². The summed E-state index contributed by atoms with van der Waals surface area (Å²) in [5.41, 5.74) is 8.25. The number of carbonyl (C=O) groups excluding carboxylic acids is 1. The maximum Gasteiger partial charge on any atom is 0.141 e. The Kier molecular flexibility index (Phi) is 6.97. The summed E-state index contributed by atoms with van der Waals surface area (Å²) in [4.78, 5) is 21.7. The number of ketones is 1. The van der Waals surface area contributed by atoms with Crippen LogP contribution in [0.25, 0.3) is 11.3 Å². The zero-order chi connectivity index (χ0) is 20.9. The number of Topliss-reactive ketones (excluding diaryl/α,β-unsaturated/α-hetero) is 1. The SMILES string of the molecule is N[C@H]1CC[C@@H](C(=O)Cc2cc(-c3cccc(NCC4CCOCC4)n3)c(Cl)cn2)C1. The molecule has 2 aliphatic rings. The van der Waals surface area contributed by atoms with E-state index in [0.717, 1.165) is 74.6 Å². The first kappa shape index (κ1) is 21.2. The molecule has 0 amide bonds. The quantitative estimate of drug-likeness (QED) is 0.695. The molecule has 0 bridgehead atoms. The molecule has 7 heteroatoms. The van der Waals surface area contributed by atoms with Gasteiger partial charge >= 0.3 is 0 Å². The van der Waals surface area contributed by atoms with Crippen LogP contribution in [0.1, 0.15) is 37.8 Å². The Morgan fingerprint density at radius 2 is 2.07 bits per heavy atom. The minimum absolute atomic E-state index is 0.0526. The Balaban J connectivity index is 1.45. The van der Waals surface area contributed by atoms with Crippen LogP contribution in [-0.4, -0.2) is 41.6 Å². The van der Waals surface area contributed by atoms with Gasteiger partial charge in [-0.3, -0.25) is 9.78 Å². The highest BCUT2D eigenvalue weighted by atomic mass is 35.5. The summed E-state index contributed by atoms with van der Waals surface area (Å²) in [5.74, 6) is 1.69. The van der Waals surface area contributed by atoms with Gasteiger partial charge in [0.1, 0.15) is 11.6 Å². The van der Waals surface area contributed by atoms with E-state index >= 15 is 0 Å². The first-order valence-electron chi connectivity index (χ1n) is 10.8. The molecular weight excluding hydrogens is 400 g/mol. The number of halogens is 1. The Hall–Kier alpha value is -2.02. The van der Waals surface area contributed by atoms with Crippen molar-refractivity contribution in [3.05, 3.63) is 41.2 Å². The number of aromatic nitrogens is 2. The highest BCUT2D eigenvalue weighted by Crippen LogP contribution is 2.29. The average molecular weight is 429 g/mol. The van der Waals surface area contributed by atoms with Crippen molar-refractivity contribution in [3.8, 4) is 11.3 Å². The van der Waals surface area contributed by atoms with E-state index in [1.54, 1.807) is 6.20 Å². The van der Waals surface area contributed by atoms with E-state index in [-0.39, 0.29) is 17.7 Å². The van der Waals surface area contributed by atoms with E-state index < -0.39 is 0 Å². The fourth-order valence-electron chi connectivity index (χ4n) is 4.29. The topological polar surface area (TPSA) is 90.1 Å². The molecule has 0 radical (unpaired) electrons. The maximum atomic E-state index is 12.6. The number of pyridine rings is 2. The minimum Gasteiger partial charge on any atom is -0.381 e. The van der Waals surface area contributed by atoms with E-state index in [4.69, 9.17) is 27.1 Å². The zero-order valence-corrected chi connectivity index (χ0v) is 17.9. The van der Waals surface area contributed by atoms with Gasteiger partial charge in [0.15, 0.2) is 0 Å². The molecule has 2 fully saturated rings. The lowest BCUT2D eigenvalue weighted by molar-refractivity contribution is -0.122. The molecule has 30 heavy (non-hydrogen) atoms. The van der Waals surface area contributed by atoms with Crippen LogP contribution >= 0.6 is 11.6 Å². The van der Waals surface area contributed by atoms with Crippen molar-refractivity contribution >= 4 is 23.2 Å². The molecule has 3 heterocycles. The van der Waals surface area contributed by atoms with Gasteiger partial charge in [-0.1, -0.05) is 17.7 Å². The number of nitrogens with two attached hydrogens (primary N) is 1. The second-order valence-electron chi connectivity index (χ2n) is 8.41. The van der Waals surface area contributed by atoms with E-state index in [1.807, 2.05) is 24.3 Å². The normalized spacial score (nSPS) is 22.2. The molecule has 0 spiro atoms. The number of nitrogens with one attached hydrogen (secondary N) is 1. The molecule has 6 nitrogen and oxygen atoms in total. The summed E-state index contributed by atoms with van der Waals surface area (Å²) < 4.78 is 5.42. The van der Waals surface area contributed by atoms with Crippen LogP contribution in [0.5, 0.6) is 0 Å². The third-order valence-corrected chi connectivity index (χ3v) is 6.43. The first-order chi connectivity index (χ1) is 14.6. The lowest BCUT2D eigenvalue weighted by atomic mass is 9.97. The number of ether oxygens (including phenoxy) is 1. The predicted molar refractivity (Wildman–Crippen MR) is 119 cm³/mol. The Morgan fingerprint density at radius 3 is 2.83 bits per heavy atom. The van der Waals surface area contributed by atoms with Crippen LogP contribution in [0.15, 0.2) is 30.5 Å². The summed E-state index contributed by atoms with van der Waals surface area (Å²) in [5, 5.41) is 3.97. The van der Waals surface area contributed by atoms with Crippen LogP contribution in [-0.2, 0) is 16.0 Å². The van der Waals surface area contributed by atoms with E-state index in [9.17, 15) is 4.79 Å². The second-order valence-corrected chi connectivity index (χ2v) is 8.82. The molecule has 1 aliphatic heterocycles. The summed E-state index contributed by atoms with van der Waals surface area (Å²) in [6.45, 7) is 2.55. The molecule has 1 aliphatic carbocycles. The van der Waals surface area contributed by atoms with Gasteiger partial charge in [-0.25, -0.2) is 4.98 Å². The van der Waals surface area contributed by atoms with Gasteiger partial charge in [-0.15, -0.1) is 0 Å². The molecule has 0 aromatic carbocycles. The van der Waals surface area contributed by atoms with Crippen molar-refractivity contribution in [2.75, 3.05) is 25.1 Å². The van der Waals surface area contributed by atoms with Crippen LogP contribution in [0.3, 0.4) is 0 Å². The van der Waals surface area contributed by atoms with E-state index in [2.05, 4.69) is 10.3 Å². The molecule has 1 saturated heterocycles. The smallest absolute Gasteiger partial charge is 0.141 e. The van der Waals surface area contributed by atoms with Gasteiger partial charge in [0.2, 0.25) is 0 Å². The van der Waals surface area contributed by atoms with Crippen LogP contribution in [0.4, 0.5) is 5.82 Å². The van der Waals surface area contributed by atoms with Crippen molar-refractivity contribution in [1.29, 1.82) is 0 Å². The number of hydrogen-bond acceptors (Lipinski definition) is 6. The third-order valence-electron chi connectivity index (χ3n) is 6.13. The molecule has 4 rings (SSSR count). The summed E-state index contributed by atoms with van der Waals surface area (Å²) in [6, 6.07) is 7.90. The minimum atomic E-state index is 0.0526. The third kappa shape index (κ3) is 5.36. The first-order valence-corrected chi connectivity index (χ1v) is 11.2. The van der Waals surface area contributed by atoms with Crippen molar-refractivity contribution in [1.82, 2.24) is 9.97 Å². The van der Waals surface area contributed by atoms with Crippen molar-refractivity contribution in [3.63, 3.8) is 0 Å². The number of nitrogens with zero attached hydrogens (tertiary/aromatic N) is 2. The van der Waals surface area contributed by atoms with Gasteiger partial charge < -0.3 is 15.8 Å².